The van der Waals surface area contributed by atoms with Gasteiger partial charge in [-0.1, -0.05) is 43.7 Å². The van der Waals surface area contributed by atoms with Gasteiger partial charge in [0.15, 0.2) is 0 Å². The fourth-order valence-electron chi connectivity index (χ4n) is 2.02. The molecule has 1 aromatic heterocycles. The molecule has 2 aromatic rings. The highest BCUT2D eigenvalue weighted by molar-refractivity contribution is 5.91. The molecule has 0 aliphatic carbocycles. The minimum Gasteiger partial charge on any atom is -0.479 e. The monoisotopic (exact) mass is 288 g/mol. The molecule has 0 atom stereocenters. The van der Waals surface area contributed by atoms with Crippen molar-refractivity contribution in [2.75, 3.05) is 13.7 Å². The fourth-order valence-corrected chi connectivity index (χ4v) is 2.02. The van der Waals surface area contributed by atoms with E-state index in [1.807, 2.05) is 30.3 Å². The molecule has 0 saturated heterocycles. The van der Waals surface area contributed by atoms with Crippen LogP contribution in [-0.4, -0.2) is 29.6 Å². The van der Waals surface area contributed by atoms with E-state index in [2.05, 4.69) is 12.1 Å². The number of ether oxygens (including phenoxy) is 1. The predicted octanol–water partition coefficient (Wildman–Crippen LogP) is 3.13. The van der Waals surface area contributed by atoms with Crippen LogP contribution >= 0.6 is 0 Å². The summed E-state index contributed by atoms with van der Waals surface area (Å²) >= 11 is 0. The zero-order valence-electron chi connectivity index (χ0n) is 12.4. The molecule has 0 radical (unpaired) electrons. The smallest absolute Gasteiger partial charge is 0.292 e. The SMILES string of the molecule is CCCCN(Cc1ccccc1)C(=O)c1cc(OC)no1. The largest absolute Gasteiger partial charge is 0.479 e. The first-order chi connectivity index (χ1) is 10.2. The van der Waals surface area contributed by atoms with E-state index in [0.29, 0.717) is 19.0 Å². The number of methoxy groups -OCH3 is 1. The zero-order valence-corrected chi connectivity index (χ0v) is 12.4. The Morgan fingerprint density at radius 1 is 1.33 bits per heavy atom. The molecule has 0 bridgehead atoms. The van der Waals surface area contributed by atoms with Crippen molar-refractivity contribution < 1.29 is 14.1 Å². The van der Waals surface area contributed by atoms with Gasteiger partial charge in [0.2, 0.25) is 5.76 Å². The molecule has 0 fully saturated rings. The Balaban J connectivity index is 2.12. The normalized spacial score (nSPS) is 10.4. The number of aromatic nitrogens is 1. The van der Waals surface area contributed by atoms with Gasteiger partial charge in [0.05, 0.1) is 13.2 Å². The van der Waals surface area contributed by atoms with E-state index in [4.69, 9.17) is 9.26 Å². The molecule has 1 heterocycles. The van der Waals surface area contributed by atoms with Crippen molar-refractivity contribution in [2.45, 2.75) is 26.3 Å². The second kappa shape index (κ2) is 7.47. The van der Waals surface area contributed by atoms with Gasteiger partial charge in [0, 0.05) is 13.1 Å². The Kier molecular flexibility index (Phi) is 5.37. The second-order valence-corrected chi connectivity index (χ2v) is 4.80. The summed E-state index contributed by atoms with van der Waals surface area (Å²) in [6.07, 6.45) is 1.97. The van der Waals surface area contributed by atoms with Crippen LogP contribution in [0.3, 0.4) is 0 Å². The topological polar surface area (TPSA) is 55.6 Å². The Morgan fingerprint density at radius 3 is 2.71 bits per heavy atom. The fraction of sp³-hybridized carbons (Fsp3) is 0.375. The van der Waals surface area contributed by atoms with Gasteiger partial charge >= 0.3 is 0 Å². The van der Waals surface area contributed by atoms with Crippen molar-refractivity contribution in [3.63, 3.8) is 0 Å². The number of hydrogen-bond donors (Lipinski definition) is 0. The summed E-state index contributed by atoms with van der Waals surface area (Å²) in [5.41, 5.74) is 1.09. The highest BCUT2D eigenvalue weighted by Gasteiger charge is 2.20. The third kappa shape index (κ3) is 4.08. The molecule has 1 amide bonds. The Morgan fingerprint density at radius 2 is 2.10 bits per heavy atom. The molecule has 112 valence electrons. The van der Waals surface area contributed by atoms with Crippen molar-refractivity contribution in [3.05, 3.63) is 47.7 Å². The number of nitrogens with zero attached hydrogens (tertiary/aromatic N) is 2. The second-order valence-electron chi connectivity index (χ2n) is 4.80. The Bertz CT molecular complexity index is 566. The molecule has 0 unspecified atom stereocenters. The number of benzene rings is 1. The lowest BCUT2D eigenvalue weighted by molar-refractivity contribution is 0.0698. The number of hydrogen-bond acceptors (Lipinski definition) is 4. The van der Waals surface area contributed by atoms with Crippen LogP contribution in [-0.2, 0) is 6.54 Å². The zero-order chi connectivity index (χ0) is 15.1. The van der Waals surface area contributed by atoms with Crippen LogP contribution in [0.25, 0.3) is 0 Å². The Labute approximate surface area is 124 Å². The summed E-state index contributed by atoms with van der Waals surface area (Å²) in [5.74, 6) is 0.357. The van der Waals surface area contributed by atoms with Crippen molar-refractivity contribution >= 4 is 5.91 Å². The van der Waals surface area contributed by atoms with Gasteiger partial charge in [-0.05, 0) is 17.1 Å². The molecule has 0 spiro atoms. The third-order valence-electron chi connectivity index (χ3n) is 3.19. The van der Waals surface area contributed by atoms with Gasteiger partial charge in [0.1, 0.15) is 0 Å². The van der Waals surface area contributed by atoms with Crippen molar-refractivity contribution in [1.82, 2.24) is 10.1 Å². The van der Waals surface area contributed by atoms with Crippen LogP contribution in [0.15, 0.2) is 40.9 Å². The lowest BCUT2D eigenvalue weighted by Gasteiger charge is -2.21. The minimum atomic E-state index is -0.164. The van der Waals surface area contributed by atoms with Crippen molar-refractivity contribution in [2.24, 2.45) is 0 Å². The van der Waals surface area contributed by atoms with Gasteiger partial charge in [-0.25, -0.2) is 0 Å². The van der Waals surface area contributed by atoms with E-state index in [1.165, 1.54) is 13.2 Å². The summed E-state index contributed by atoms with van der Waals surface area (Å²) in [6.45, 7) is 3.35. The highest BCUT2D eigenvalue weighted by atomic mass is 16.5. The molecule has 5 nitrogen and oxygen atoms in total. The average Bonchev–Trinajstić information content (AvgIpc) is 3.00. The van der Waals surface area contributed by atoms with Crippen LogP contribution in [0.1, 0.15) is 35.9 Å². The van der Waals surface area contributed by atoms with Crippen LogP contribution in [0.4, 0.5) is 0 Å². The summed E-state index contributed by atoms with van der Waals surface area (Å²) in [6, 6.07) is 11.4. The third-order valence-corrected chi connectivity index (χ3v) is 3.19. The first-order valence-corrected chi connectivity index (χ1v) is 7.08. The number of carbonyl (C=O) groups is 1. The molecule has 0 saturated carbocycles. The van der Waals surface area contributed by atoms with Crippen LogP contribution in [0, 0.1) is 0 Å². The molecule has 1 aromatic carbocycles. The summed E-state index contributed by atoms with van der Waals surface area (Å²) in [5, 5.41) is 3.68. The van der Waals surface area contributed by atoms with E-state index >= 15 is 0 Å². The molecule has 0 aliphatic heterocycles. The number of amides is 1. The first-order valence-electron chi connectivity index (χ1n) is 7.08. The first kappa shape index (κ1) is 15.1. The van der Waals surface area contributed by atoms with E-state index in [1.54, 1.807) is 4.90 Å². The molecule has 21 heavy (non-hydrogen) atoms. The molecule has 0 aliphatic rings. The van der Waals surface area contributed by atoms with E-state index in [9.17, 15) is 4.79 Å². The van der Waals surface area contributed by atoms with Gasteiger partial charge in [-0.3, -0.25) is 4.79 Å². The number of carbonyl (C=O) groups excluding carboxylic acids is 1. The maximum atomic E-state index is 12.5. The van der Waals surface area contributed by atoms with Crippen LogP contribution in [0.2, 0.25) is 0 Å². The lowest BCUT2D eigenvalue weighted by Crippen LogP contribution is -2.31. The maximum Gasteiger partial charge on any atom is 0.292 e. The number of unbranched alkanes of at least 4 members (excludes halogenated alkanes) is 1. The average molecular weight is 288 g/mol. The summed E-state index contributed by atoms with van der Waals surface area (Å²) in [4.78, 5) is 14.3. The summed E-state index contributed by atoms with van der Waals surface area (Å²) in [7, 11) is 1.49. The maximum absolute atomic E-state index is 12.5. The molecule has 5 heteroatoms. The van der Waals surface area contributed by atoms with Crippen molar-refractivity contribution in [3.8, 4) is 5.88 Å². The van der Waals surface area contributed by atoms with Gasteiger partial charge in [-0.2, -0.15) is 0 Å². The highest BCUT2D eigenvalue weighted by Crippen LogP contribution is 2.15. The number of rotatable bonds is 7. The van der Waals surface area contributed by atoms with E-state index in [-0.39, 0.29) is 11.7 Å². The van der Waals surface area contributed by atoms with E-state index in [0.717, 1.165) is 18.4 Å². The van der Waals surface area contributed by atoms with E-state index < -0.39 is 0 Å². The lowest BCUT2D eigenvalue weighted by atomic mass is 10.2. The quantitative estimate of drug-likeness (QED) is 0.785. The van der Waals surface area contributed by atoms with Crippen LogP contribution in [0.5, 0.6) is 5.88 Å². The van der Waals surface area contributed by atoms with Crippen molar-refractivity contribution in [1.29, 1.82) is 0 Å². The van der Waals surface area contributed by atoms with Crippen LogP contribution < -0.4 is 4.74 Å². The molecule has 0 N–H and O–H groups in total. The molecular weight excluding hydrogens is 268 g/mol. The summed E-state index contributed by atoms with van der Waals surface area (Å²) < 4.78 is 10.00. The van der Waals surface area contributed by atoms with Gasteiger partial charge in [0.25, 0.3) is 11.8 Å². The standard InChI is InChI=1S/C16H20N2O3/c1-3-4-10-18(12-13-8-6-5-7-9-13)16(19)14-11-15(20-2)17-21-14/h5-9,11H,3-4,10,12H2,1-2H3. The van der Waals surface area contributed by atoms with Gasteiger partial charge < -0.3 is 14.2 Å². The predicted molar refractivity (Wildman–Crippen MR) is 79.1 cm³/mol. The van der Waals surface area contributed by atoms with Gasteiger partial charge in [-0.15, -0.1) is 0 Å². The molecule has 2 rings (SSSR count). The minimum absolute atomic E-state index is 0.164. The Hall–Kier alpha value is -2.30. The molecular formula is C16H20N2O3.